The zero-order chi connectivity index (χ0) is 16.8. The molecule has 3 aromatic rings. The van der Waals surface area contributed by atoms with Crippen LogP contribution in [0.25, 0.3) is 5.82 Å². The van der Waals surface area contributed by atoms with E-state index in [1.54, 1.807) is 16.7 Å². The minimum absolute atomic E-state index is 0.224. The van der Waals surface area contributed by atoms with Crippen LogP contribution < -0.4 is 5.32 Å². The van der Waals surface area contributed by atoms with Crippen molar-refractivity contribution in [3.63, 3.8) is 0 Å². The lowest BCUT2D eigenvalue weighted by molar-refractivity contribution is 0.0942. The monoisotopic (exact) mass is 323 g/mol. The minimum atomic E-state index is -0.597. The molecule has 0 saturated carbocycles. The number of carbonyl (C=O) groups is 1. The average molecular weight is 323 g/mol. The Bertz CT molecular complexity index is 773. The van der Waals surface area contributed by atoms with Crippen LogP contribution in [0.3, 0.4) is 0 Å². The van der Waals surface area contributed by atoms with Crippen molar-refractivity contribution in [1.82, 2.24) is 25.1 Å². The second-order valence-electron chi connectivity index (χ2n) is 5.25. The maximum atomic E-state index is 12.1. The molecular formula is C17H17N5O2. The van der Waals surface area contributed by atoms with E-state index in [4.69, 9.17) is 0 Å². The molecule has 3 rings (SSSR count). The van der Waals surface area contributed by atoms with Gasteiger partial charge in [-0.05, 0) is 24.1 Å². The zero-order valence-electron chi connectivity index (χ0n) is 12.9. The molecule has 122 valence electrons. The number of benzene rings is 1. The maximum Gasteiger partial charge on any atom is 0.252 e. The number of aliphatic hydroxyl groups is 1. The molecule has 0 aliphatic rings. The Morgan fingerprint density at radius 1 is 1.12 bits per heavy atom. The molecule has 7 nitrogen and oxygen atoms in total. The maximum absolute atomic E-state index is 12.1. The van der Waals surface area contributed by atoms with E-state index in [0.717, 1.165) is 5.56 Å². The summed E-state index contributed by atoms with van der Waals surface area (Å²) in [4.78, 5) is 16.3. The van der Waals surface area contributed by atoms with Gasteiger partial charge in [0, 0.05) is 12.7 Å². The van der Waals surface area contributed by atoms with Gasteiger partial charge in [-0.2, -0.15) is 0 Å². The van der Waals surface area contributed by atoms with Crippen molar-refractivity contribution in [2.75, 3.05) is 6.54 Å². The Morgan fingerprint density at radius 2 is 1.88 bits per heavy atom. The van der Waals surface area contributed by atoms with E-state index in [2.05, 4.69) is 20.5 Å². The van der Waals surface area contributed by atoms with Gasteiger partial charge in [-0.3, -0.25) is 9.36 Å². The van der Waals surface area contributed by atoms with Crippen molar-refractivity contribution in [2.45, 2.75) is 12.5 Å². The molecule has 2 heterocycles. The van der Waals surface area contributed by atoms with E-state index in [1.165, 1.54) is 18.9 Å². The Labute approximate surface area is 139 Å². The number of aromatic nitrogens is 4. The number of carbonyl (C=O) groups excluding carboxylic acids is 1. The summed E-state index contributed by atoms with van der Waals surface area (Å²) < 4.78 is 1.65. The molecule has 1 unspecified atom stereocenters. The molecule has 2 N–H and O–H groups in total. The smallest absolute Gasteiger partial charge is 0.252 e. The summed E-state index contributed by atoms with van der Waals surface area (Å²) in [5, 5.41) is 20.3. The molecule has 1 atom stereocenters. The van der Waals surface area contributed by atoms with Crippen LogP contribution >= 0.6 is 0 Å². The lowest BCUT2D eigenvalue weighted by atomic mass is 10.1. The topological polar surface area (TPSA) is 92.9 Å². The third-order valence-electron chi connectivity index (χ3n) is 3.58. The van der Waals surface area contributed by atoms with Crippen LogP contribution in [0.2, 0.25) is 0 Å². The van der Waals surface area contributed by atoms with Crippen LogP contribution in [-0.4, -0.2) is 37.3 Å². The molecule has 2 aromatic heterocycles. The van der Waals surface area contributed by atoms with E-state index < -0.39 is 6.10 Å². The largest absolute Gasteiger partial charge is 0.388 e. The quantitative estimate of drug-likeness (QED) is 0.717. The summed E-state index contributed by atoms with van der Waals surface area (Å²) in [7, 11) is 0. The van der Waals surface area contributed by atoms with Crippen molar-refractivity contribution in [1.29, 1.82) is 0 Å². The van der Waals surface area contributed by atoms with Gasteiger partial charge in [-0.15, -0.1) is 10.2 Å². The standard InChI is InChI=1S/C17H17N5O2/c23-15(13-4-2-1-3-5-13)8-9-18-17(24)14-6-7-16(19-10-14)22-11-20-21-12-22/h1-7,10-12,15,23H,8-9H2,(H,18,24). The summed E-state index contributed by atoms with van der Waals surface area (Å²) in [6.45, 7) is 0.377. The van der Waals surface area contributed by atoms with Crippen molar-refractivity contribution in [3.05, 3.63) is 72.4 Å². The van der Waals surface area contributed by atoms with Crippen LogP contribution in [0.1, 0.15) is 28.4 Å². The minimum Gasteiger partial charge on any atom is -0.388 e. The highest BCUT2D eigenvalue weighted by molar-refractivity contribution is 5.93. The fraction of sp³-hybridized carbons (Fsp3) is 0.176. The predicted molar refractivity (Wildman–Crippen MR) is 87.5 cm³/mol. The van der Waals surface area contributed by atoms with E-state index in [1.807, 2.05) is 30.3 Å². The predicted octanol–water partition coefficient (Wildman–Crippen LogP) is 1.52. The van der Waals surface area contributed by atoms with Gasteiger partial charge in [0.2, 0.25) is 0 Å². The van der Waals surface area contributed by atoms with Crippen LogP contribution in [0.15, 0.2) is 61.3 Å². The lowest BCUT2D eigenvalue weighted by Gasteiger charge is -2.11. The lowest BCUT2D eigenvalue weighted by Crippen LogP contribution is -2.25. The third-order valence-corrected chi connectivity index (χ3v) is 3.58. The zero-order valence-corrected chi connectivity index (χ0v) is 12.9. The Hall–Kier alpha value is -3.06. The van der Waals surface area contributed by atoms with E-state index in [0.29, 0.717) is 24.3 Å². The number of amides is 1. The molecular weight excluding hydrogens is 306 g/mol. The molecule has 0 radical (unpaired) electrons. The first-order chi connectivity index (χ1) is 11.7. The molecule has 1 aromatic carbocycles. The number of pyridine rings is 1. The Kier molecular flexibility index (Phi) is 4.93. The molecule has 1 amide bonds. The third kappa shape index (κ3) is 3.82. The van der Waals surface area contributed by atoms with Crippen molar-refractivity contribution < 1.29 is 9.90 Å². The number of nitrogens with one attached hydrogen (secondary N) is 1. The fourth-order valence-corrected chi connectivity index (χ4v) is 2.26. The summed E-state index contributed by atoms with van der Waals surface area (Å²) in [5.41, 5.74) is 1.30. The first-order valence-electron chi connectivity index (χ1n) is 7.56. The highest BCUT2D eigenvalue weighted by Crippen LogP contribution is 2.15. The first kappa shape index (κ1) is 15.8. The van der Waals surface area contributed by atoms with Crippen molar-refractivity contribution in [3.8, 4) is 5.82 Å². The molecule has 0 aliphatic heterocycles. The number of rotatable bonds is 6. The van der Waals surface area contributed by atoms with Crippen LogP contribution in [0.5, 0.6) is 0 Å². The summed E-state index contributed by atoms with van der Waals surface area (Å²) in [6.07, 6.45) is 4.42. The summed E-state index contributed by atoms with van der Waals surface area (Å²) in [6, 6.07) is 12.8. The van der Waals surface area contributed by atoms with Crippen LogP contribution in [0.4, 0.5) is 0 Å². The van der Waals surface area contributed by atoms with Gasteiger partial charge < -0.3 is 10.4 Å². The van der Waals surface area contributed by atoms with Gasteiger partial charge >= 0.3 is 0 Å². The molecule has 24 heavy (non-hydrogen) atoms. The first-order valence-corrected chi connectivity index (χ1v) is 7.56. The highest BCUT2D eigenvalue weighted by Gasteiger charge is 2.10. The molecule has 0 fully saturated rings. The van der Waals surface area contributed by atoms with Crippen LogP contribution in [0, 0.1) is 0 Å². The number of hydrogen-bond donors (Lipinski definition) is 2. The van der Waals surface area contributed by atoms with Gasteiger partial charge in [-0.25, -0.2) is 4.98 Å². The Morgan fingerprint density at radius 3 is 2.54 bits per heavy atom. The summed E-state index contributed by atoms with van der Waals surface area (Å²) in [5.74, 6) is 0.411. The molecule has 7 heteroatoms. The van der Waals surface area contributed by atoms with Crippen molar-refractivity contribution >= 4 is 5.91 Å². The SMILES string of the molecule is O=C(NCCC(O)c1ccccc1)c1ccc(-n2cnnc2)nc1. The van der Waals surface area contributed by atoms with Crippen molar-refractivity contribution in [2.24, 2.45) is 0 Å². The van der Waals surface area contributed by atoms with Gasteiger partial charge in [0.05, 0.1) is 11.7 Å². The highest BCUT2D eigenvalue weighted by atomic mass is 16.3. The van der Waals surface area contributed by atoms with E-state index in [9.17, 15) is 9.90 Å². The van der Waals surface area contributed by atoms with Crippen LogP contribution in [-0.2, 0) is 0 Å². The second kappa shape index (κ2) is 7.47. The Balaban J connectivity index is 1.52. The van der Waals surface area contributed by atoms with Gasteiger partial charge in [0.25, 0.3) is 5.91 Å². The van der Waals surface area contributed by atoms with E-state index in [-0.39, 0.29) is 5.91 Å². The number of nitrogens with zero attached hydrogens (tertiary/aromatic N) is 4. The fourth-order valence-electron chi connectivity index (χ4n) is 2.26. The van der Waals surface area contributed by atoms with Gasteiger partial charge in [-0.1, -0.05) is 30.3 Å². The summed E-state index contributed by atoms with van der Waals surface area (Å²) >= 11 is 0. The number of hydrogen-bond acceptors (Lipinski definition) is 5. The normalized spacial score (nSPS) is 11.9. The number of aliphatic hydroxyl groups excluding tert-OH is 1. The molecule has 0 bridgehead atoms. The van der Waals surface area contributed by atoms with E-state index >= 15 is 0 Å². The average Bonchev–Trinajstić information content (AvgIpc) is 3.17. The second-order valence-corrected chi connectivity index (χ2v) is 5.25. The van der Waals surface area contributed by atoms with Gasteiger partial charge in [0.1, 0.15) is 18.5 Å². The molecule has 0 aliphatic carbocycles. The molecule has 0 spiro atoms. The molecule has 0 saturated heterocycles. The van der Waals surface area contributed by atoms with Gasteiger partial charge in [0.15, 0.2) is 0 Å².